The van der Waals surface area contributed by atoms with E-state index in [1.165, 1.54) is 32.1 Å². The summed E-state index contributed by atoms with van der Waals surface area (Å²) in [5, 5.41) is 0. The standard InChI is InChI=1S/C14H28/c1-7-8-9-10-11-12(2)13(3)14(4,5)6/h7-11H2,1-6H3/b13-12-. The minimum Gasteiger partial charge on any atom is -0.0739 e. The lowest BCUT2D eigenvalue weighted by atomic mass is 9.83. The number of hydrogen-bond donors (Lipinski definition) is 0. The monoisotopic (exact) mass is 196 g/mol. The van der Waals surface area contributed by atoms with Crippen molar-refractivity contribution in [1.29, 1.82) is 0 Å². The van der Waals surface area contributed by atoms with Crippen LogP contribution in [0.2, 0.25) is 0 Å². The summed E-state index contributed by atoms with van der Waals surface area (Å²) in [5.41, 5.74) is 3.54. The topological polar surface area (TPSA) is 0 Å². The summed E-state index contributed by atoms with van der Waals surface area (Å²) in [4.78, 5) is 0. The predicted octanol–water partition coefficient (Wildman–Crippen LogP) is 5.34. The third-order valence-electron chi connectivity index (χ3n) is 3.17. The first-order chi connectivity index (χ1) is 6.39. The molecule has 0 rings (SSSR count). The van der Waals surface area contributed by atoms with E-state index in [9.17, 15) is 0 Å². The van der Waals surface area contributed by atoms with Crippen molar-refractivity contribution in [3.8, 4) is 0 Å². The molecule has 0 fully saturated rings. The van der Waals surface area contributed by atoms with Crippen LogP contribution in [0.4, 0.5) is 0 Å². The van der Waals surface area contributed by atoms with Gasteiger partial charge in [-0.1, -0.05) is 58.1 Å². The molecule has 14 heavy (non-hydrogen) atoms. The van der Waals surface area contributed by atoms with Gasteiger partial charge in [-0.3, -0.25) is 0 Å². The minimum absolute atomic E-state index is 0.356. The molecule has 0 amide bonds. The average molecular weight is 196 g/mol. The largest absolute Gasteiger partial charge is 0.0739 e. The summed E-state index contributed by atoms with van der Waals surface area (Å²) in [6.45, 7) is 13.8. The Hall–Kier alpha value is -0.260. The fraction of sp³-hybridized carbons (Fsp3) is 0.857. The molecule has 0 nitrogen and oxygen atoms in total. The van der Waals surface area contributed by atoms with Crippen LogP contribution in [0, 0.1) is 5.41 Å². The van der Waals surface area contributed by atoms with Gasteiger partial charge in [-0.25, -0.2) is 0 Å². The predicted molar refractivity (Wildman–Crippen MR) is 66.6 cm³/mol. The zero-order chi connectivity index (χ0) is 11.2. The van der Waals surface area contributed by atoms with Crippen molar-refractivity contribution in [2.45, 2.75) is 73.6 Å². The number of hydrogen-bond acceptors (Lipinski definition) is 0. The smallest absolute Gasteiger partial charge is 0.0173 e. The molecule has 0 aromatic rings. The van der Waals surface area contributed by atoms with E-state index in [-0.39, 0.29) is 0 Å². The lowest BCUT2D eigenvalue weighted by Crippen LogP contribution is -2.08. The van der Waals surface area contributed by atoms with E-state index in [0.29, 0.717) is 5.41 Å². The first kappa shape index (κ1) is 13.7. The van der Waals surface area contributed by atoms with E-state index in [1.807, 2.05) is 0 Å². The Kier molecular flexibility index (Phi) is 6.15. The van der Waals surface area contributed by atoms with Crippen molar-refractivity contribution in [3.05, 3.63) is 11.1 Å². The molecule has 0 aliphatic rings. The van der Waals surface area contributed by atoms with Gasteiger partial charge in [-0.05, 0) is 32.1 Å². The molecule has 0 heterocycles. The highest BCUT2D eigenvalue weighted by molar-refractivity contribution is 5.15. The third-order valence-corrected chi connectivity index (χ3v) is 3.17. The van der Waals surface area contributed by atoms with Gasteiger partial charge in [-0.15, -0.1) is 0 Å². The first-order valence-corrected chi connectivity index (χ1v) is 6.06. The van der Waals surface area contributed by atoms with Crippen LogP contribution in [0.1, 0.15) is 73.6 Å². The maximum atomic E-state index is 2.30. The quantitative estimate of drug-likeness (QED) is 0.411. The fourth-order valence-corrected chi connectivity index (χ4v) is 1.64. The Morgan fingerprint density at radius 3 is 1.93 bits per heavy atom. The van der Waals surface area contributed by atoms with E-state index >= 15 is 0 Å². The van der Waals surface area contributed by atoms with Crippen molar-refractivity contribution in [1.82, 2.24) is 0 Å². The van der Waals surface area contributed by atoms with Crippen LogP contribution in [0.15, 0.2) is 11.1 Å². The van der Waals surface area contributed by atoms with E-state index in [4.69, 9.17) is 0 Å². The van der Waals surface area contributed by atoms with Gasteiger partial charge < -0.3 is 0 Å². The molecule has 0 heteroatoms. The van der Waals surface area contributed by atoms with Gasteiger partial charge in [-0.2, -0.15) is 0 Å². The van der Waals surface area contributed by atoms with Crippen LogP contribution in [-0.2, 0) is 0 Å². The second kappa shape index (κ2) is 6.27. The van der Waals surface area contributed by atoms with Gasteiger partial charge in [0, 0.05) is 0 Å². The zero-order valence-electron chi connectivity index (χ0n) is 11.0. The molecule has 0 atom stereocenters. The van der Waals surface area contributed by atoms with Gasteiger partial charge >= 0.3 is 0 Å². The Morgan fingerprint density at radius 1 is 0.929 bits per heavy atom. The van der Waals surface area contributed by atoms with Crippen molar-refractivity contribution in [2.75, 3.05) is 0 Å². The van der Waals surface area contributed by atoms with Gasteiger partial charge in [0.2, 0.25) is 0 Å². The summed E-state index contributed by atoms with van der Waals surface area (Å²) in [7, 11) is 0. The molecule has 0 spiro atoms. The third kappa shape index (κ3) is 5.47. The van der Waals surface area contributed by atoms with Gasteiger partial charge in [0.15, 0.2) is 0 Å². The van der Waals surface area contributed by atoms with E-state index in [2.05, 4.69) is 41.5 Å². The molecule has 0 bridgehead atoms. The summed E-state index contributed by atoms with van der Waals surface area (Å²) >= 11 is 0. The maximum Gasteiger partial charge on any atom is -0.0173 e. The molecule has 0 aromatic heterocycles. The van der Waals surface area contributed by atoms with Crippen LogP contribution in [0.5, 0.6) is 0 Å². The number of allylic oxidation sites excluding steroid dienone is 2. The molecule has 0 aliphatic carbocycles. The summed E-state index contributed by atoms with van der Waals surface area (Å²) in [6, 6.07) is 0. The molecule has 0 saturated heterocycles. The van der Waals surface area contributed by atoms with Crippen molar-refractivity contribution >= 4 is 0 Å². The Balaban J connectivity index is 3.99. The Labute approximate surface area is 90.8 Å². The molecule has 84 valence electrons. The zero-order valence-corrected chi connectivity index (χ0v) is 11.0. The van der Waals surface area contributed by atoms with Crippen LogP contribution in [0.3, 0.4) is 0 Å². The van der Waals surface area contributed by atoms with E-state index in [1.54, 1.807) is 11.1 Å². The van der Waals surface area contributed by atoms with Crippen LogP contribution < -0.4 is 0 Å². The van der Waals surface area contributed by atoms with E-state index < -0.39 is 0 Å². The lowest BCUT2D eigenvalue weighted by Gasteiger charge is -2.22. The summed E-state index contributed by atoms with van der Waals surface area (Å²) in [6.07, 6.45) is 6.78. The van der Waals surface area contributed by atoms with Gasteiger partial charge in [0.25, 0.3) is 0 Å². The van der Waals surface area contributed by atoms with Crippen LogP contribution in [-0.4, -0.2) is 0 Å². The SMILES string of the molecule is CCCCCC/C(C)=C(/C)C(C)(C)C. The van der Waals surface area contributed by atoms with Crippen molar-refractivity contribution in [3.63, 3.8) is 0 Å². The highest BCUT2D eigenvalue weighted by Gasteiger charge is 2.14. The molecule has 0 N–H and O–H groups in total. The molecular weight excluding hydrogens is 168 g/mol. The van der Waals surface area contributed by atoms with Crippen LogP contribution in [0.25, 0.3) is 0 Å². The second-order valence-corrected chi connectivity index (χ2v) is 5.47. The lowest BCUT2D eigenvalue weighted by molar-refractivity contribution is 0.493. The first-order valence-electron chi connectivity index (χ1n) is 6.06. The van der Waals surface area contributed by atoms with Gasteiger partial charge in [0.1, 0.15) is 0 Å². The summed E-state index contributed by atoms with van der Waals surface area (Å²) < 4.78 is 0. The molecule has 0 aliphatic heterocycles. The molecular formula is C14H28. The van der Waals surface area contributed by atoms with Gasteiger partial charge in [0.05, 0.1) is 0 Å². The molecule has 0 saturated carbocycles. The Morgan fingerprint density at radius 2 is 1.50 bits per heavy atom. The fourth-order valence-electron chi connectivity index (χ4n) is 1.64. The second-order valence-electron chi connectivity index (χ2n) is 5.47. The Bertz CT molecular complexity index is 179. The molecule has 0 aromatic carbocycles. The van der Waals surface area contributed by atoms with Crippen molar-refractivity contribution < 1.29 is 0 Å². The van der Waals surface area contributed by atoms with E-state index in [0.717, 1.165) is 0 Å². The average Bonchev–Trinajstić information content (AvgIpc) is 2.09. The molecule has 0 unspecified atom stereocenters. The minimum atomic E-state index is 0.356. The van der Waals surface area contributed by atoms with Crippen molar-refractivity contribution in [2.24, 2.45) is 5.41 Å². The highest BCUT2D eigenvalue weighted by atomic mass is 14.2. The number of unbranched alkanes of at least 4 members (excludes halogenated alkanes) is 3. The van der Waals surface area contributed by atoms with Crippen LogP contribution >= 0.6 is 0 Å². The molecule has 0 radical (unpaired) electrons. The number of rotatable bonds is 5. The maximum absolute atomic E-state index is 2.30. The summed E-state index contributed by atoms with van der Waals surface area (Å²) in [5.74, 6) is 0. The normalized spacial score (nSPS) is 14.1. The highest BCUT2D eigenvalue weighted by Crippen LogP contribution is 2.29.